The summed E-state index contributed by atoms with van der Waals surface area (Å²) in [6, 6.07) is 14.2. The van der Waals surface area contributed by atoms with Gasteiger partial charge in [0, 0.05) is 0 Å². The zero-order chi connectivity index (χ0) is 15.5. The van der Waals surface area contributed by atoms with Crippen LogP contribution in [0.3, 0.4) is 0 Å². The van der Waals surface area contributed by atoms with E-state index in [9.17, 15) is 8.42 Å². The highest BCUT2D eigenvalue weighted by atomic mass is 32.2. The van der Waals surface area contributed by atoms with Crippen LogP contribution in [-0.4, -0.2) is 8.42 Å². The number of sulfonamides is 1. The lowest BCUT2D eigenvalue weighted by molar-refractivity contribution is 0.600. The third-order valence-electron chi connectivity index (χ3n) is 3.13. The third-order valence-corrected chi connectivity index (χ3v) is 4.35. The second kappa shape index (κ2) is 5.98. The van der Waals surface area contributed by atoms with Crippen LogP contribution in [0.2, 0.25) is 0 Å². The molecule has 0 saturated carbocycles. The van der Waals surface area contributed by atoms with Crippen molar-refractivity contribution in [3.05, 3.63) is 64.7 Å². The molecule has 108 valence electrons. The zero-order valence-corrected chi connectivity index (χ0v) is 12.7. The topological polar surface area (TPSA) is 70.0 Å². The highest BCUT2D eigenvalue weighted by Crippen LogP contribution is 2.19. The van der Waals surface area contributed by atoms with Gasteiger partial charge in [-0.2, -0.15) is 5.26 Å². The normalized spacial score (nSPS) is 10.9. The summed E-state index contributed by atoms with van der Waals surface area (Å²) in [5, 5.41) is 9.01. The molecule has 0 radical (unpaired) electrons. The molecule has 1 N–H and O–H groups in total. The minimum atomic E-state index is -3.56. The number of anilines is 1. The average Bonchev–Trinajstić information content (AvgIpc) is 2.42. The van der Waals surface area contributed by atoms with E-state index >= 15 is 0 Å². The maximum atomic E-state index is 12.3. The lowest BCUT2D eigenvalue weighted by atomic mass is 10.1. The van der Waals surface area contributed by atoms with Gasteiger partial charge in [-0.25, -0.2) is 8.42 Å². The summed E-state index contributed by atoms with van der Waals surface area (Å²) < 4.78 is 27.1. The molecule has 2 aromatic carbocycles. The summed E-state index contributed by atoms with van der Waals surface area (Å²) in [7, 11) is -3.56. The van der Waals surface area contributed by atoms with Crippen LogP contribution >= 0.6 is 0 Å². The van der Waals surface area contributed by atoms with Crippen LogP contribution in [-0.2, 0) is 15.8 Å². The number of aryl methyl sites for hydroxylation is 2. The lowest BCUT2D eigenvalue weighted by Crippen LogP contribution is -2.16. The molecule has 0 saturated heterocycles. The summed E-state index contributed by atoms with van der Waals surface area (Å²) in [6.07, 6.45) is 0. The molecule has 0 fully saturated rings. The molecule has 0 heterocycles. The Hall–Kier alpha value is -2.32. The van der Waals surface area contributed by atoms with Crippen LogP contribution in [0.25, 0.3) is 0 Å². The number of rotatable bonds is 4. The molecule has 0 unspecified atom stereocenters. The number of hydrogen-bond donors (Lipinski definition) is 1. The van der Waals surface area contributed by atoms with Gasteiger partial charge in [0.2, 0.25) is 10.0 Å². The maximum Gasteiger partial charge on any atom is 0.236 e. The summed E-state index contributed by atoms with van der Waals surface area (Å²) in [6.45, 7) is 3.81. The Morgan fingerprint density at radius 2 is 1.86 bits per heavy atom. The SMILES string of the molecule is Cc1ccc(NS(=O)(=O)Cc2ccccc2C#N)c(C)c1. The summed E-state index contributed by atoms with van der Waals surface area (Å²) >= 11 is 0. The van der Waals surface area contributed by atoms with E-state index in [0.29, 0.717) is 16.8 Å². The maximum absolute atomic E-state index is 12.3. The Morgan fingerprint density at radius 1 is 1.14 bits per heavy atom. The van der Waals surface area contributed by atoms with Crippen molar-refractivity contribution < 1.29 is 8.42 Å². The Morgan fingerprint density at radius 3 is 2.52 bits per heavy atom. The van der Waals surface area contributed by atoms with Crippen LogP contribution in [0.15, 0.2) is 42.5 Å². The molecule has 4 nitrogen and oxygen atoms in total. The van der Waals surface area contributed by atoms with Gasteiger partial charge in [-0.1, -0.05) is 35.9 Å². The second-order valence-corrected chi connectivity index (χ2v) is 6.67. The fourth-order valence-electron chi connectivity index (χ4n) is 2.09. The van der Waals surface area contributed by atoms with Crippen LogP contribution < -0.4 is 4.72 Å². The Balaban J connectivity index is 2.25. The number of hydrogen-bond acceptors (Lipinski definition) is 3. The highest BCUT2D eigenvalue weighted by molar-refractivity contribution is 7.91. The Labute approximate surface area is 125 Å². The lowest BCUT2D eigenvalue weighted by Gasteiger charge is -2.11. The van der Waals surface area contributed by atoms with Crippen LogP contribution in [0.1, 0.15) is 22.3 Å². The van der Waals surface area contributed by atoms with Gasteiger partial charge in [0.25, 0.3) is 0 Å². The van der Waals surface area contributed by atoms with E-state index in [1.165, 1.54) is 0 Å². The molecule has 0 bridgehead atoms. The minimum absolute atomic E-state index is 0.218. The molecule has 0 atom stereocenters. The van der Waals surface area contributed by atoms with E-state index in [0.717, 1.165) is 11.1 Å². The average molecular weight is 300 g/mol. The van der Waals surface area contributed by atoms with Gasteiger partial charge in [0.15, 0.2) is 0 Å². The molecule has 0 spiro atoms. The first-order valence-corrected chi connectivity index (χ1v) is 8.12. The molecule has 21 heavy (non-hydrogen) atoms. The highest BCUT2D eigenvalue weighted by Gasteiger charge is 2.15. The van der Waals surface area contributed by atoms with Gasteiger partial charge in [-0.3, -0.25) is 4.72 Å². The quantitative estimate of drug-likeness (QED) is 0.943. The second-order valence-electron chi connectivity index (χ2n) is 4.95. The van der Waals surface area contributed by atoms with E-state index in [4.69, 9.17) is 5.26 Å². The summed E-state index contributed by atoms with van der Waals surface area (Å²) in [5.41, 5.74) is 3.38. The van der Waals surface area contributed by atoms with Crippen molar-refractivity contribution in [2.24, 2.45) is 0 Å². The largest absolute Gasteiger partial charge is 0.283 e. The van der Waals surface area contributed by atoms with Crippen LogP contribution in [0.5, 0.6) is 0 Å². The van der Waals surface area contributed by atoms with E-state index < -0.39 is 10.0 Å². The molecule has 0 aliphatic carbocycles. The first kappa shape index (κ1) is 15.1. The van der Waals surface area contributed by atoms with Gasteiger partial charge in [0.05, 0.1) is 23.1 Å². The number of nitrogens with zero attached hydrogens (tertiary/aromatic N) is 1. The van der Waals surface area contributed by atoms with E-state index in [2.05, 4.69) is 4.72 Å². The zero-order valence-electron chi connectivity index (χ0n) is 11.9. The Bertz CT molecular complexity index is 805. The predicted octanol–water partition coefficient (Wildman–Crippen LogP) is 3.12. The molecule has 0 aliphatic heterocycles. The number of nitrogens with one attached hydrogen (secondary N) is 1. The van der Waals surface area contributed by atoms with Crippen molar-refractivity contribution in [3.8, 4) is 6.07 Å². The fourth-order valence-corrected chi connectivity index (χ4v) is 3.39. The van der Waals surface area contributed by atoms with E-state index in [1.54, 1.807) is 30.3 Å². The van der Waals surface area contributed by atoms with Gasteiger partial charge in [-0.05, 0) is 37.1 Å². The van der Waals surface area contributed by atoms with E-state index in [-0.39, 0.29) is 5.75 Å². The first-order chi connectivity index (χ1) is 9.91. The molecular weight excluding hydrogens is 284 g/mol. The van der Waals surface area contributed by atoms with Gasteiger partial charge in [-0.15, -0.1) is 0 Å². The number of benzene rings is 2. The van der Waals surface area contributed by atoms with Crippen molar-refractivity contribution in [1.29, 1.82) is 5.26 Å². The molecule has 2 aromatic rings. The van der Waals surface area contributed by atoms with Crippen LogP contribution in [0, 0.1) is 25.2 Å². The molecule has 0 aliphatic rings. The molecule has 0 amide bonds. The van der Waals surface area contributed by atoms with Crippen molar-refractivity contribution in [2.45, 2.75) is 19.6 Å². The first-order valence-electron chi connectivity index (χ1n) is 6.47. The monoisotopic (exact) mass is 300 g/mol. The molecule has 0 aromatic heterocycles. The molecule has 5 heteroatoms. The summed E-state index contributed by atoms with van der Waals surface area (Å²) in [4.78, 5) is 0. The van der Waals surface area contributed by atoms with Gasteiger partial charge < -0.3 is 0 Å². The van der Waals surface area contributed by atoms with Gasteiger partial charge >= 0.3 is 0 Å². The smallest absolute Gasteiger partial charge is 0.236 e. The van der Waals surface area contributed by atoms with Crippen molar-refractivity contribution in [2.75, 3.05) is 4.72 Å². The van der Waals surface area contributed by atoms with E-state index in [1.807, 2.05) is 32.0 Å². The van der Waals surface area contributed by atoms with Crippen molar-refractivity contribution in [1.82, 2.24) is 0 Å². The molecular formula is C16H16N2O2S. The van der Waals surface area contributed by atoms with Crippen LogP contribution in [0.4, 0.5) is 5.69 Å². The molecule has 2 rings (SSSR count). The Kier molecular flexibility index (Phi) is 4.29. The standard InChI is InChI=1S/C16H16N2O2S/c1-12-7-8-16(13(2)9-12)18-21(19,20)11-15-6-4-3-5-14(15)10-17/h3-9,18H,11H2,1-2H3. The van der Waals surface area contributed by atoms with Crippen molar-refractivity contribution >= 4 is 15.7 Å². The van der Waals surface area contributed by atoms with Crippen molar-refractivity contribution in [3.63, 3.8) is 0 Å². The number of nitriles is 1. The predicted molar refractivity (Wildman–Crippen MR) is 83.3 cm³/mol. The fraction of sp³-hybridized carbons (Fsp3) is 0.188. The third kappa shape index (κ3) is 3.83. The van der Waals surface area contributed by atoms with Gasteiger partial charge in [0.1, 0.15) is 0 Å². The minimum Gasteiger partial charge on any atom is -0.283 e. The summed E-state index contributed by atoms with van der Waals surface area (Å²) in [5.74, 6) is -0.218.